The van der Waals surface area contributed by atoms with Crippen molar-refractivity contribution in [1.82, 2.24) is 20.2 Å². The third-order valence-electron chi connectivity index (χ3n) is 5.23. The number of piperazine rings is 1. The van der Waals surface area contributed by atoms with Gasteiger partial charge in [0.05, 0.1) is 6.61 Å². The minimum Gasteiger partial charge on any atom is -0.493 e. The van der Waals surface area contributed by atoms with Crippen molar-refractivity contribution in [2.75, 3.05) is 76.9 Å². The highest BCUT2D eigenvalue weighted by atomic mass is 16.5. The highest BCUT2D eigenvalue weighted by Crippen LogP contribution is 2.17. The first-order chi connectivity index (χ1) is 15.8. The molecule has 0 bridgehead atoms. The highest BCUT2D eigenvalue weighted by molar-refractivity contribution is 5.93. The van der Waals surface area contributed by atoms with Crippen molar-refractivity contribution in [2.24, 2.45) is 4.99 Å². The molecule has 0 amide bonds. The molecule has 1 aromatic carbocycles. The Morgan fingerprint density at radius 3 is 2.62 bits per heavy atom. The maximum atomic E-state index is 5.77. The quantitative estimate of drug-likeness (QED) is 0.311. The van der Waals surface area contributed by atoms with Gasteiger partial charge in [-0.05, 0) is 31.2 Å². The second-order valence-electron chi connectivity index (χ2n) is 7.58. The largest absolute Gasteiger partial charge is 0.493 e. The SMILES string of the molecule is CN=C(NCCCN1CCN(c2ncccn2)CC1)Nc1cccc(OCCCOC)c1. The van der Waals surface area contributed by atoms with Crippen LogP contribution in [0.25, 0.3) is 0 Å². The van der Waals surface area contributed by atoms with Gasteiger partial charge in [0.25, 0.3) is 0 Å². The maximum Gasteiger partial charge on any atom is 0.225 e. The van der Waals surface area contributed by atoms with Crippen molar-refractivity contribution in [3.8, 4) is 5.75 Å². The van der Waals surface area contributed by atoms with Gasteiger partial charge >= 0.3 is 0 Å². The Hall–Kier alpha value is -2.91. The highest BCUT2D eigenvalue weighted by Gasteiger charge is 2.18. The summed E-state index contributed by atoms with van der Waals surface area (Å²) in [5.41, 5.74) is 0.946. The number of aliphatic imine (C=N–C) groups is 1. The van der Waals surface area contributed by atoms with Gasteiger partial charge in [0.1, 0.15) is 5.75 Å². The maximum absolute atomic E-state index is 5.77. The van der Waals surface area contributed by atoms with Crippen molar-refractivity contribution < 1.29 is 9.47 Å². The second-order valence-corrected chi connectivity index (χ2v) is 7.58. The van der Waals surface area contributed by atoms with Crippen LogP contribution in [0.15, 0.2) is 47.7 Å². The molecular formula is C23H35N7O2. The molecule has 1 aliphatic heterocycles. The van der Waals surface area contributed by atoms with E-state index in [4.69, 9.17) is 9.47 Å². The van der Waals surface area contributed by atoms with Crippen LogP contribution < -0.4 is 20.3 Å². The fraction of sp³-hybridized carbons (Fsp3) is 0.522. The summed E-state index contributed by atoms with van der Waals surface area (Å²) in [7, 11) is 3.48. The predicted molar refractivity (Wildman–Crippen MR) is 129 cm³/mol. The summed E-state index contributed by atoms with van der Waals surface area (Å²) in [4.78, 5) is 17.8. The van der Waals surface area contributed by atoms with E-state index in [0.717, 1.165) is 75.5 Å². The topological polar surface area (TPSA) is 87.1 Å². The molecule has 1 aliphatic rings. The van der Waals surface area contributed by atoms with Gasteiger partial charge in [-0.2, -0.15) is 0 Å². The summed E-state index contributed by atoms with van der Waals surface area (Å²) in [6.45, 7) is 7.23. The van der Waals surface area contributed by atoms with Gasteiger partial charge in [-0.25, -0.2) is 9.97 Å². The minimum absolute atomic E-state index is 0.636. The third-order valence-corrected chi connectivity index (χ3v) is 5.23. The number of hydrogen-bond donors (Lipinski definition) is 2. The van der Waals surface area contributed by atoms with E-state index in [1.165, 1.54) is 0 Å². The molecule has 2 heterocycles. The van der Waals surface area contributed by atoms with E-state index in [0.29, 0.717) is 13.2 Å². The Morgan fingerprint density at radius 2 is 1.88 bits per heavy atom. The zero-order chi connectivity index (χ0) is 22.4. The molecule has 0 aliphatic carbocycles. The van der Waals surface area contributed by atoms with Crippen LogP contribution in [0.2, 0.25) is 0 Å². The number of hydrogen-bond acceptors (Lipinski definition) is 7. The van der Waals surface area contributed by atoms with Gasteiger partial charge in [0.15, 0.2) is 5.96 Å². The van der Waals surface area contributed by atoms with E-state index in [2.05, 4.69) is 35.4 Å². The molecule has 1 fully saturated rings. The number of benzene rings is 1. The molecule has 1 aromatic heterocycles. The van der Waals surface area contributed by atoms with Crippen LogP contribution >= 0.6 is 0 Å². The summed E-state index contributed by atoms with van der Waals surface area (Å²) >= 11 is 0. The lowest BCUT2D eigenvalue weighted by atomic mass is 10.3. The Labute approximate surface area is 190 Å². The molecule has 1 saturated heterocycles. The number of anilines is 2. The molecule has 0 radical (unpaired) electrons. The average Bonchev–Trinajstić information content (AvgIpc) is 2.85. The molecule has 32 heavy (non-hydrogen) atoms. The van der Waals surface area contributed by atoms with Crippen molar-refractivity contribution in [2.45, 2.75) is 12.8 Å². The summed E-state index contributed by atoms with van der Waals surface area (Å²) in [6.07, 6.45) is 5.51. The van der Waals surface area contributed by atoms with Gasteiger partial charge in [-0.1, -0.05) is 6.07 Å². The van der Waals surface area contributed by atoms with Gasteiger partial charge < -0.3 is 25.0 Å². The molecule has 2 N–H and O–H groups in total. The number of rotatable bonds is 11. The van der Waals surface area contributed by atoms with Crippen LogP contribution in [-0.4, -0.2) is 87.5 Å². The average molecular weight is 442 g/mol. The third kappa shape index (κ3) is 7.97. The molecule has 2 aromatic rings. The van der Waals surface area contributed by atoms with Gasteiger partial charge in [-0.3, -0.25) is 9.89 Å². The van der Waals surface area contributed by atoms with Crippen LogP contribution in [-0.2, 0) is 4.74 Å². The molecule has 0 atom stereocenters. The molecule has 9 heteroatoms. The Morgan fingerprint density at radius 1 is 1.06 bits per heavy atom. The molecular weight excluding hydrogens is 406 g/mol. The first kappa shape index (κ1) is 23.7. The van der Waals surface area contributed by atoms with E-state index in [1.54, 1.807) is 26.6 Å². The van der Waals surface area contributed by atoms with E-state index in [9.17, 15) is 0 Å². The van der Waals surface area contributed by atoms with Crippen LogP contribution in [0.5, 0.6) is 5.75 Å². The van der Waals surface area contributed by atoms with Crippen molar-refractivity contribution in [3.05, 3.63) is 42.7 Å². The lowest BCUT2D eigenvalue weighted by Gasteiger charge is -2.34. The summed E-state index contributed by atoms with van der Waals surface area (Å²) < 4.78 is 10.8. The van der Waals surface area contributed by atoms with Crippen LogP contribution in [0.3, 0.4) is 0 Å². The Balaban J connectivity index is 1.33. The minimum atomic E-state index is 0.636. The first-order valence-electron chi connectivity index (χ1n) is 11.2. The number of guanidine groups is 1. The molecule has 3 rings (SSSR count). The van der Waals surface area contributed by atoms with Gasteiger partial charge in [-0.15, -0.1) is 0 Å². The van der Waals surface area contributed by atoms with Crippen molar-refractivity contribution in [3.63, 3.8) is 0 Å². The summed E-state index contributed by atoms with van der Waals surface area (Å²) in [6, 6.07) is 9.77. The number of aromatic nitrogens is 2. The number of nitrogens with zero attached hydrogens (tertiary/aromatic N) is 5. The van der Waals surface area contributed by atoms with E-state index < -0.39 is 0 Å². The lowest BCUT2D eigenvalue weighted by Crippen LogP contribution is -2.47. The van der Waals surface area contributed by atoms with Crippen molar-refractivity contribution >= 4 is 17.6 Å². The fourth-order valence-corrected chi connectivity index (χ4v) is 3.51. The zero-order valence-corrected chi connectivity index (χ0v) is 19.2. The number of nitrogens with one attached hydrogen (secondary N) is 2. The molecule has 0 spiro atoms. The van der Waals surface area contributed by atoms with Gasteiger partial charge in [0, 0.05) is 84.1 Å². The smallest absolute Gasteiger partial charge is 0.225 e. The molecule has 0 saturated carbocycles. The standard InChI is InChI=1S/C23H35N7O2/c1-24-22(28-20-7-3-8-21(19-20)32-18-6-17-31-2)25-11-5-12-29-13-15-30(16-14-29)23-26-9-4-10-27-23/h3-4,7-10,19H,5-6,11-18H2,1-2H3,(H2,24,25,28). The van der Waals surface area contributed by atoms with Crippen LogP contribution in [0.4, 0.5) is 11.6 Å². The van der Waals surface area contributed by atoms with Crippen LogP contribution in [0, 0.1) is 0 Å². The summed E-state index contributed by atoms with van der Waals surface area (Å²) in [5, 5.41) is 6.73. The number of ether oxygens (including phenoxy) is 2. The second kappa shape index (κ2) is 13.5. The number of methoxy groups -OCH3 is 1. The van der Waals surface area contributed by atoms with E-state index >= 15 is 0 Å². The molecule has 9 nitrogen and oxygen atoms in total. The normalized spacial score (nSPS) is 14.9. The zero-order valence-electron chi connectivity index (χ0n) is 19.2. The fourth-order valence-electron chi connectivity index (χ4n) is 3.51. The summed E-state index contributed by atoms with van der Waals surface area (Å²) in [5.74, 6) is 2.42. The van der Waals surface area contributed by atoms with Crippen molar-refractivity contribution in [1.29, 1.82) is 0 Å². The molecule has 174 valence electrons. The monoisotopic (exact) mass is 441 g/mol. The van der Waals surface area contributed by atoms with E-state index in [1.807, 2.05) is 30.3 Å². The van der Waals surface area contributed by atoms with Gasteiger partial charge in [0.2, 0.25) is 5.95 Å². The lowest BCUT2D eigenvalue weighted by molar-refractivity contribution is 0.172. The predicted octanol–water partition coefficient (Wildman–Crippen LogP) is 2.09. The molecule has 0 unspecified atom stereocenters. The first-order valence-corrected chi connectivity index (χ1v) is 11.2. The Kier molecular flexibility index (Phi) is 10.0. The van der Waals surface area contributed by atoms with Crippen LogP contribution in [0.1, 0.15) is 12.8 Å². The van der Waals surface area contributed by atoms with E-state index in [-0.39, 0.29) is 0 Å². The Bertz CT molecular complexity index is 811.